The lowest BCUT2D eigenvalue weighted by molar-refractivity contribution is 0.0600. The van der Waals surface area contributed by atoms with Crippen LogP contribution in [-0.4, -0.2) is 25.2 Å². The normalized spacial score (nSPS) is 10.4. The Labute approximate surface area is 148 Å². The zero-order valence-corrected chi connectivity index (χ0v) is 15.1. The predicted molar refractivity (Wildman–Crippen MR) is 92.6 cm³/mol. The van der Waals surface area contributed by atoms with Gasteiger partial charge >= 0.3 is 11.9 Å². The van der Waals surface area contributed by atoms with E-state index in [9.17, 15) is 9.59 Å². The quantitative estimate of drug-likeness (QED) is 0.562. The first-order valence-corrected chi connectivity index (χ1v) is 8.06. The SMILES string of the molecule is COC(=O)c1ccc(OC(=O)c2cc(Br)ccc2OC(C)C)cc1. The number of rotatable bonds is 5. The Kier molecular flexibility index (Phi) is 5.98. The van der Waals surface area contributed by atoms with Crippen molar-refractivity contribution in [3.63, 3.8) is 0 Å². The van der Waals surface area contributed by atoms with Gasteiger partial charge in [-0.1, -0.05) is 15.9 Å². The number of esters is 2. The number of carbonyl (C=O) groups is 2. The maximum absolute atomic E-state index is 12.4. The van der Waals surface area contributed by atoms with Crippen molar-refractivity contribution in [3.05, 3.63) is 58.1 Å². The molecule has 24 heavy (non-hydrogen) atoms. The van der Waals surface area contributed by atoms with Gasteiger partial charge in [0.15, 0.2) is 0 Å². The van der Waals surface area contributed by atoms with Gasteiger partial charge < -0.3 is 14.2 Å². The minimum atomic E-state index is -0.544. The minimum absolute atomic E-state index is 0.0722. The second-order valence-electron chi connectivity index (χ2n) is 5.21. The summed E-state index contributed by atoms with van der Waals surface area (Å²) in [5, 5.41) is 0. The molecular formula is C18H17BrO5. The van der Waals surface area contributed by atoms with Gasteiger partial charge in [-0.05, 0) is 56.3 Å². The molecule has 0 aromatic heterocycles. The standard InChI is InChI=1S/C18H17BrO5/c1-11(2)23-16-9-6-13(19)10-15(16)18(21)24-14-7-4-12(5-8-14)17(20)22-3/h4-11H,1-3H3. The van der Waals surface area contributed by atoms with Crippen LogP contribution >= 0.6 is 15.9 Å². The van der Waals surface area contributed by atoms with Gasteiger partial charge in [-0.25, -0.2) is 9.59 Å². The molecule has 0 spiro atoms. The number of halogens is 1. The molecule has 0 unspecified atom stereocenters. The summed E-state index contributed by atoms with van der Waals surface area (Å²) in [5.74, 6) is -0.224. The molecule has 2 rings (SSSR count). The molecule has 0 saturated heterocycles. The summed E-state index contributed by atoms with van der Waals surface area (Å²) < 4.78 is 16.4. The first-order valence-electron chi connectivity index (χ1n) is 7.27. The van der Waals surface area contributed by atoms with Crippen LogP contribution < -0.4 is 9.47 Å². The van der Waals surface area contributed by atoms with Crippen LogP contribution in [0, 0.1) is 0 Å². The van der Waals surface area contributed by atoms with Crippen LogP contribution in [-0.2, 0) is 4.74 Å². The number of benzene rings is 2. The average molecular weight is 393 g/mol. The van der Waals surface area contributed by atoms with Crippen molar-refractivity contribution in [1.29, 1.82) is 0 Å². The first-order chi connectivity index (χ1) is 11.4. The lowest BCUT2D eigenvalue weighted by atomic mass is 10.2. The Balaban J connectivity index is 2.20. The van der Waals surface area contributed by atoms with Crippen molar-refractivity contribution in [2.24, 2.45) is 0 Å². The average Bonchev–Trinajstić information content (AvgIpc) is 2.56. The van der Waals surface area contributed by atoms with E-state index in [1.165, 1.54) is 31.4 Å². The second kappa shape index (κ2) is 7.97. The van der Waals surface area contributed by atoms with Gasteiger partial charge in [0.2, 0.25) is 0 Å². The summed E-state index contributed by atoms with van der Waals surface area (Å²) in [6, 6.07) is 11.3. The molecule has 2 aromatic rings. The topological polar surface area (TPSA) is 61.8 Å². The fourth-order valence-electron chi connectivity index (χ4n) is 1.96. The fourth-order valence-corrected chi connectivity index (χ4v) is 2.32. The van der Waals surface area contributed by atoms with Gasteiger partial charge in [-0.2, -0.15) is 0 Å². The van der Waals surface area contributed by atoms with Crippen molar-refractivity contribution < 1.29 is 23.8 Å². The smallest absolute Gasteiger partial charge is 0.347 e. The lowest BCUT2D eigenvalue weighted by Crippen LogP contribution is -2.14. The molecule has 6 heteroatoms. The number of hydrogen-bond donors (Lipinski definition) is 0. The van der Waals surface area contributed by atoms with E-state index in [0.717, 1.165) is 4.47 Å². The highest BCUT2D eigenvalue weighted by Gasteiger charge is 2.17. The van der Waals surface area contributed by atoms with Crippen molar-refractivity contribution in [2.45, 2.75) is 20.0 Å². The molecule has 126 valence electrons. The summed E-state index contributed by atoms with van der Waals surface area (Å²) >= 11 is 3.33. The molecule has 0 amide bonds. The molecular weight excluding hydrogens is 376 g/mol. The highest BCUT2D eigenvalue weighted by molar-refractivity contribution is 9.10. The molecule has 0 aliphatic heterocycles. The van der Waals surface area contributed by atoms with Gasteiger partial charge in [-0.15, -0.1) is 0 Å². The molecule has 0 bridgehead atoms. The van der Waals surface area contributed by atoms with Crippen molar-refractivity contribution in [2.75, 3.05) is 7.11 Å². The summed E-state index contributed by atoms with van der Waals surface area (Å²) in [7, 11) is 1.31. The third kappa shape index (κ3) is 4.58. The van der Waals surface area contributed by atoms with E-state index in [-0.39, 0.29) is 6.10 Å². The van der Waals surface area contributed by atoms with E-state index < -0.39 is 11.9 Å². The number of methoxy groups -OCH3 is 1. The van der Waals surface area contributed by atoms with E-state index in [1.807, 2.05) is 13.8 Å². The molecule has 0 saturated carbocycles. The van der Waals surface area contributed by atoms with E-state index in [4.69, 9.17) is 9.47 Å². The van der Waals surface area contributed by atoms with Crippen LogP contribution in [0.1, 0.15) is 34.6 Å². The Morgan fingerprint density at radius 2 is 1.67 bits per heavy atom. The van der Waals surface area contributed by atoms with Gasteiger partial charge in [0.1, 0.15) is 17.1 Å². The summed E-state index contributed by atoms with van der Waals surface area (Å²) in [6.45, 7) is 3.76. The number of hydrogen-bond acceptors (Lipinski definition) is 5. The highest BCUT2D eigenvalue weighted by Crippen LogP contribution is 2.26. The zero-order valence-electron chi connectivity index (χ0n) is 13.5. The van der Waals surface area contributed by atoms with Crippen LogP contribution in [0.3, 0.4) is 0 Å². The third-order valence-electron chi connectivity index (χ3n) is 3.01. The molecule has 0 aliphatic rings. The summed E-state index contributed by atoms with van der Waals surface area (Å²) in [6.07, 6.45) is -0.0722. The maximum atomic E-state index is 12.4. The van der Waals surface area contributed by atoms with Crippen molar-refractivity contribution in [3.8, 4) is 11.5 Å². The first kappa shape index (κ1) is 18.0. The van der Waals surface area contributed by atoms with Gasteiger partial charge in [0.25, 0.3) is 0 Å². The molecule has 2 aromatic carbocycles. The fraction of sp³-hybridized carbons (Fsp3) is 0.222. The molecule has 5 nitrogen and oxygen atoms in total. The van der Waals surface area contributed by atoms with E-state index in [1.54, 1.807) is 18.2 Å². The largest absolute Gasteiger partial charge is 0.490 e. The second-order valence-corrected chi connectivity index (χ2v) is 6.13. The molecule has 0 fully saturated rings. The third-order valence-corrected chi connectivity index (χ3v) is 3.50. The van der Waals surface area contributed by atoms with Crippen LogP contribution in [0.4, 0.5) is 0 Å². The monoisotopic (exact) mass is 392 g/mol. The number of ether oxygens (including phenoxy) is 3. The molecule has 0 N–H and O–H groups in total. The van der Waals surface area contributed by atoms with Crippen molar-refractivity contribution >= 4 is 27.9 Å². The van der Waals surface area contributed by atoms with Gasteiger partial charge in [0, 0.05) is 4.47 Å². The summed E-state index contributed by atoms with van der Waals surface area (Å²) in [5.41, 5.74) is 0.693. The van der Waals surface area contributed by atoms with E-state index in [0.29, 0.717) is 22.6 Å². The summed E-state index contributed by atoms with van der Waals surface area (Å²) in [4.78, 5) is 23.8. The van der Waals surface area contributed by atoms with Gasteiger partial charge in [0.05, 0.1) is 18.8 Å². The highest BCUT2D eigenvalue weighted by atomic mass is 79.9. The van der Waals surface area contributed by atoms with Crippen LogP contribution in [0.25, 0.3) is 0 Å². The predicted octanol–water partition coefficient (Wildman–Crippen LogP) is 4.24. The van der Waals surface area contributed by atoms with Crippen LogP contribution in [0.5, 0.6) is 11.5 Å². The Bertz CT molecular complexity index is 738. The Morgan fingerprint density at radius 3 is 2.25 bits per heavy atom. The van der Waals surface area contributed by atoms with E-state index >= 15 is 0 Å². The Hall–Kier alpha value is -2.34. The van der Waals surface area contributed by atoms with Crippen LogP contribution in [0.2, 0.25) is 0 Å². The molecule has 0 radical (unpaired) electrons. The molecule has 0 atom stereocenters. The minimum Gasteiger partial charge on any atom is -0.490 e. The maximum Gasteiger partial charge on any atom is 0.347 e. The number of carbonyl (C=O) groups excluding carboxylic acids is 2. The van der Waals surface area contributed by atoms with E-state index in [2.05, 4.69) is 20.7 Å². The van der Waals surface area contributed by atoms with Gasteiger partial charge in [-0.3, -0.25) is 0 Å². The molecule has 0 heterocycles. The lowest BCUT2D eigenvalue weighted by Gasteiger charge is -2.14. The van der Waals surface area contributed by atoms with Crippen molar-refractivity contribution in [1.82, 2.24) is 0 Å². The Morgan fingerprint density at radius 1 is 1.00 bits per heavy atom. The van der Waals surface area contributed by atoms with Crippen LogP contribution in [0.15, 0.2) is 46.9 Å². The zero-order chi connectivity index (χ0) is 17.7. The molecule has 0 aliphatic carbocycles.